The van der Waals surface area contributed by atoms with Crippen LogP contribution >= 0.6 is 21.8 Å². The van der Waals surface area contributed by atoms with Crippen LogP contribution in [0.5, 0.6) is 0 Å². The SMILES string of the molecule is CC(C)C(C)(C)C1C=CSSN1. The van der Waals surface area contributed by atoms with E-state index in [2.05, 4.69) is 43.9 Å². The molecule has 1 aliphatic heterocycles. The van der Waals surface area contributed by atoms with Gasteiger partial charge in [0.1, 0.15) is 0 Å². The molecular formula is C9H17NS2. The van der Waals surface area contributed by atoms with E-state index in [0.717, 1.165) is 0 Å². The molecule has 1 heterocycles. The van der Waals surface area contributed by atoms with Crippen molar-refractivity contribution < 1.29 is 0 Å². The summed E-state index contributed by atoms with van der Waals surface area (Å²) in [5, 5.41) is 2.18. The van der Waals surface area contributed by atoms with Crippen molar-refractivity contribution in [3.8, 4) is 0 Å². The van der Waals surface area contributed by atoms with E-state index in [-0.39, 0.29) is 0 Å². The van der Waals surface area contributed by atoms with Gasteiger partial charge in [0.05, 0.1) is 0 Å². The minimum absolute atomic E-state index is 0.338. The molecule has 0 aromatic carbocycles. The molecule has 1 unspecified atom stereocenters. The van der Waals surface area contributed by atoms with Gasteiger partial charge in [0.15, 0.2) is 0 Å². The van der Waals surface area contributed by atoms with Crippen LogP contribution in [-0.2, 0) is 0 Å². The molecule has 0 aliphatic carbocycles. The fourth-order valence-corrected chi connectivity index (χ4v) is 2.67. The molecule has 1 aliphatic rings. The lowest BCUT2D eigenvalue weighted by molar-refractivity contribution is 0.213. The Balaban J connectivity index is 2.66. The maximum Gasteiger partial charge on any atom is 0.0421 e. The summed E-state index contributed by atoms with van der Waals surface area (Å²) in [5.41, 5.74) is 0.338. The highest BCUT2D eigenvalue weighted by Crippen LogP contribution is 2.36. The first-order chi connectivity index (χ1) is 5.55. The Morgan fingerprint density at radius 3 is 2.50 bits per heavy atom. The second-order valence-electron chi connectivity index (χ2n) is 4.08. The first-order valence-electron chi connectivity index (χ1n) is 4.29. The summed E-state index contributed by atoms with van der Waals surface area (Å²) >= 11 is 0. The third-order valence-corrected chi connectivity index (χ3v) is 4.46. The zero-order valence-corrected chi connectivity index (χ0v) is 9.76. The predicted octanol–water partition coefficient (Wildman–Crippen LogP) is 3.45. The van der Waals surface area contributed by atoms with E-state index in [0.29, 0.717) is 17.4 Å². The molecular weight excluding hydrogens is 186 g/mol. The predicted molar refractivity (Wildman–Crippen MR) is 59.9 cm³/mol. The van der Waals surface area contributed by atoms with Crippen LogP contribution in [0, 0.1) is 11.3 Å². The van der Waals surface area contributed by atoms with E-state index < -0.39 is 0 Å². The lowest BCUT2D eigenvalue weighted by Crippen LogP contribution is -2.41. The molecule has 0 amide bonds. The van der Waals surface area contributed by atoms with Crippen molar-refractivity contribution in [2.75, 3.05) is 0 Å². The first-order valence-corrected chi connectivity index (χ1v) is 6.51. The van der Waals surface area contributed by atoms with E-state index >= 15 is 0 Å². The Hall–Kier alpha value is 0.400. The molecule has 1 rings (SSSR count). The Labute approximate surface area is 83.3 Å². The Bertz CT molecular complexity index is 175. The Morgan fingerprint density at radius 1 is 1.42 bits per heavy atom. The fourth-order valence-electron chi connectivity index (χ4n) is 1.02. The van der Waals surface area contributed by atoms with Gasteiger partial charge in [-0.25, -0.2) is 4.72 Å². The maximum atomic E-state index is 3.43. The normalized spacial score (nSPS) is 24.9. The van der Waals surface area contributed by atoms with Crippen LogP contribution < -0.4 is 4.72 Å². The van der Waals surface area contributed by atoms with Crippen molar-refractivity contribution in [2.24, 2.45) is 11.3 Å². The number of nitrogens with one attached hydrogen (secondary N) is 1. The van der Waals surface area contributed by atoms with Gasteiger partial charge < -0.3 is 0 Å². The minimum Gasteiger partial charge on any atom is -0.247 e. The summed E-state index contributed by atoms with van der Waals surface area (Å²) in [6.07, 6.45) is 2.27. The van der Waals surface area contributed by atoms with Gasteiger partial charge in [0, 0.05) is 6.04 Å². The summed E-state index contributed by atoms with van der Waals surface area (Å²) in [7, 11) is 3.48. The van der Waals surface area contributed by atoms with Crippen molar-refractivity contribution in [3.63, 3.8) is 0 Å². The van der Waals surface area contributed by atoms with Crippen LogP contribution in [0.2, 0.25) is 0 Å². The van der Waals surface area contributed by atoms with Crippen LogP contribution in [0.25, 0.3) is 0 Å². The van der Waals surface area contributed by atoms with Gasteiger partial charge in [-0.05, 0) is 38.5 Å². The standard InChI is InChI=1S/C9H17NS2/c1-7(2)9(3,4)8-5-6-11-12-10-8/h5-8,10H,1-4H3. The topological polar surface area (TPSA) is 12.0 Å². The summed E-state index contributed by atoms with van der Waals surface area (Å²) < 4.78 is 3.43. The highest BCUT2D eigenvalue weighted by atomic mass is 33.1. The molecule has 1 N–H and O–H groups in total. The van der Waals surface area contributed by atoms with E-state index in [4.69, 9.17) is 0 Å². The van der Waals surface area contributed by atoms with E-state index in [1.54, 1.807) is 21.8 Å². The molecule has 0 fully saturated rings. The van der Waals surface area contributed by atoms with Gasteiger partial charge in [-0.2, -0.15) is 0 Å². The van der Waals surface area contributed by atoms with Crippen molar-refractivity contribution in [3.05, 3.63) is 11.5 Å². The summed E-state index contributed by atoms with van der Waals surface area (Å²) in [6, 6.07) is 0.503. The summed E-state index contributed by atoms with van der Waals surface area (Å²) in [4.78, 5) is 0. The van der Waals surface area contributed by atoms with E-state index in [1.165, 1.54) is 0 Å². The minimum atomic E-state index is 0.338. The number of rotatable bonds is 2. The molecule has 0 radical (unpaired) electrons. The average Bonchev–Trinajstić information content (AvgIpc) is 2.06. The monoisotopic (exact) mass is 203 g/mol. The van der Waals surface area contributed by atoms with Crippen LogP contribution in [0.15, 0.2) is 11.5 Å². The van der Waals surface area contributed by atoms with Gasteiger partial charge in [-0.15, -0.1) is 0 Å². The lowest BCUT2D eigenvalue weighted by Gasteiger charge is -2.37. The van der Waals surface area contributed by atoms with Crippen molar-refractivity contribution in [1.29, 1.82) is 0 Å². The third-order valence-electron chi connectivity index (χ3n) is 2.84. The zero-order valence-electron chi connectivity index (χ0n) is 8.13. The Morgan fingerprint density at radius 2 is 2.08 bits per heavy atom. The van der Waals surface area contributed by atoms with Crippen molar-refractivity contribution in [1.82, 2.24) is 4.72 Å². The van der Waals surface area contributed by atoms with Gasteiger partial charge in [-0.1, -0.05) is 33.8 Å². The van der Waals surface area contributed by atoms with Crippen molar-refractivity contribution in [2.45, 2.75) is 33.7 Å². The van der Waals surface area contributed by atoms with Crippen molar-refractivity contribution >= 4 is 21.8 Å². The molecule has 1 atom stereocenters. The molecule has 0 spiro atoms. The third kappa shape index (κ3) is 2.21. The van der Waals surface area contributed by atoms with Crippen LogP contribution in [0.4, 0.5) is 0 Å². The number of hydrogen-bond donors (Lipinski definition) is 1. The molecule has 0 saturated heterocycles. The van der Waals surface area contributed by atoms with Crippen LogP contribution in [0.1, 0.15) is 27.7 Å². The molecule has 70 valence electrons. The van der Waals surface area contributed by atoms with Crippen LogP contribution in [0.3, 0.4) is 0 Å². The summed E-state index contributed by atoms with van der Waals surface area (Å²) in [5.74, 6) is 0.698. The van der Waals surface area contributed by atoms with Gasteiger partial charge >= 0.3 is 0 Å². The smallest absolute Gasteiger partial charge is 0.0421 e. The molecule has 0 saturated carbocycles. The first kappa shape index (κ1) is 10.5. The average molecular weight is 203 g/mol. The van der Waals surface area contributed by atoms with E-state index in [9.17, 15) is 0 Å². The second-order valence-corrected chi connectivity index (χ2v) is 6.02. The molecule has 1 nitrogen and oxygen atoms in total. The van der Waals surface area contributed by atoms with Gasteiger partial charge in [0.2, 0.25) is 0 Å². The highest BCUT2D eigenvalue weighted by molar-refractivity contribution is 8.77. The lowest BCUT2D eigenvalue weighted by atomic mass is 9.75. The molecule has 0 bridgehead atoms. The van der Waals surface area contributed by atoms with E-state index in [1.807, 2.05) is 0 Å². The van der Waals surface area contributed by atoms with Gasteiger partial charge in [0.25, 0.3) is 0 Å². The highest BCUT2D eigenvalue weighted by Gasteiger charge is 2.31. The molecule has 0 aromatic rings. The molecule has 12 heavy (non-hydrogen) atoms. The second kappa shape index (κ2) is 4.07. The van der Waals surface area contributed by atoms with Crippen LogP contribution in [-0.4, -0.2) is 6.04 Å². The maximum absolute atomic E-state index is 3.43. The zero-order chi connectivity index (χ0) is 9.19. The Kier molecular flexibility index (Phi) is 3.56. The van der Waals surface area contributed by atoms with Gasteiger partial charge in [-0.3, -0.25) is 0 Å². The largest absolute Gasteiger partial charge is 0.247 e. The molecule has 3 heteroatoms. The number of hydrogen-bond acceptors (Lipinski definition) is 3. The fraction of sp³-hybridized carbons (Fsp3) is 0.778. The molecule has 0 aromatic heterocycles. The quantitative estimate of drug-likeness (QED) is 0.545. The summed E-state index contributed by atoms with van der Waals surface area (Å²) in [6.45, 7) is 9.19.